The predicted octanol–water partition coefficient (Wildman–Crippen LogP) is 4.78. The summed E-state index contributed by atoms with van der Waals surface area (Å²) in [5, 5.41) is 13.9. The van der Waals surface area contributed by atoms with Crippen molar-refractivity contribution >= 4 is 29.2 Å². The molecule has 3 N–H and O–H groups in total. The Kier molecular flexibility index (Phi) is 5.66. The van der Waals surface area contributed by atoms with Gasteiger partial charge in [0.15, 0.2) is 0 Å². The third-order valence-electron chi connectivity index (χ3n) is 7.16. The standard InChI is InChI=1S/C26H29FN4O2/c1-31-13-8-18(9-14-31)33-23-16-17(15-19-24(23)30-25(32)26(19)10-4-11-26)21(7-12-28)29-22-6-3-2-5-20(22)27/h2-3,5-7,12,15-16,18,28-29H,4,8-11,13-14H2,1H3,(H,30,32)/b21-7-,28-12?. The van der Waals surface area contributed by atoms with Gasteiger partial charge in [-0.1, -0.05) is 18.6 Å². The lowest BCUT2D eigenvalue weighted by molar-refractivity contribution is -0.123. The minimum atomic E-state index is -0.510. The summed E-state index contributed by atoms with van der Waals surface area (Å²) in [5.74, 6) is 0.318. The van der Waals surface area contributed by atoms with Crippen LogP contribution in [0, 0.1) is 11.2 Å². The summed E-state index contributed by atoms with van der Waals surface area (Å²) in [5.41, 5.74) is 2.89. The van der Waals surface area contributed by atoms with Crippen molar-refractivity contribution in [2.75, 3.05) is 30.8 Å². The van der Waals surface area contributed by atoms with E-state index in [9.17, 15) is 9.18 Å². The predicted molar refractivity (Wildman–Crippen MR) is 129 cm³/mol. The molecule has 1 saturated carbocycles. The van der Waals surface area contributed by atoms with Gasteiger partial charge < -0.3 is 25.7 Å². The van der Waals surface area contributed by atoms with Gasteiger partial charge in [-0.15, -0.1) is 0 Å². The maximum atomic E-state index is 14.4. The molecule has 2 aliphatic heterocycles. The number of para-hydroxylation sites is 1. The zero-order valence-electron chi connectivity index (χ0n) is 18.8. The first-order valence-corrected chi connectivity index (χ1v) is 11.6. The molecule has 2 aromatic carbocycles. The van der Waals surface area contributed by atoms with Gasteiger partial charge in [-0.2, -0.15) is 0 Å². The Morgan fingerprint density at radius 2 is 2.03 bits per heavy atom. The van der Waals surface area contributed by atoms with E-state index in [1.807, 2.05) is 12.1 Å². The van der Waals surface area contributed by atoms with Gasteiger partial charge in [0.25, 0.3) is 0 Å². The molecular weight excluding hydrogens is 419 g/mol. The second-order valence-corrected chi connectivity index (χ2v) is 9.26. The minimum absolute atomic E-state index is 0.0359. The molecule has 0 radical (unpaired) electrons. The topological polar surface area (TPSA) is 77.5 Å². The van der Waals surface area contributed by atoms with Crippen LogP contribution in [0.4, 0.5) is 15.8 Å². The number of piperidine rings is 1. The summed E-state index contributed by atoms with van der Waals surface area (Å²) in [7, 11) is 2.11. The summed E-state index contributed by atoms with van der Waals surface area (Å²) in [6.07, 6.45) is 7.34. The SMILES string of the molecule is CN1CCC(Oc2cc(/C(=C/C=N)Nc3ccccc3F)cc3c2NC(=O)C32CCC2)CC1. The lowest BCUT2D eigenvalue weighted by atomic mass is 9.65. The number of hydrogen-bond acceptors (Lipinski definition) is 5. The normalized spacial score (nSPS) is 20.2. The third-order valence-corrected chi connectivity index (χ3v) is 7.16. The van der Waals surface area contributed by atoms with Gasteiger partial charge in [-0.05, 0) is 68.6 Å². The Morgan fingerprint density at radius 1 is 1.27 bits per heavy atom. The van der Waals surface area contributed by atoms with Gasteiger partial charge in [0.2, 0.25) is 5.91 Å². The van der Waals surface area contributed by atoms with E-state index in [4.69, 9.17) is 10.1 Å². The number of carbonyl (C=O) groups excluding carboxylic acids is 1. The van der Waals surface area contributed by atoms with Crippen LogP contribution >= 0.6 is 0 Å². The minimum Gasteiger partial charge on any atom is -0.488 e. The Hall–Kier alpha value is -3.19. The smallest absolute Gasteiger partial charge is 0.235 e. The molecule has 3 aliphatic rings. The quantitative estimate of drug-likeness (QED) is 0.556. The van der Waals surface area contributed by atoms with Crippen LogP contribution in [0.5, 0.6) is 5.75 Å². The Labute approximate surface area is 193 Å². The molecule has 2 heterocycles. The van der Waals surface area contributed by atoms with Gasteiger partial charge in [0.05, 0.1) is 16.8 Å². The van der Waals surface area contributed by atoms with E-state index < -0.39 is 5.41 Å². The molecule has 0 unspecified atom stereocenters. The van der Waals surface area contributed by atoms with Crippen LogP contribution in [0.25, 0.3) is 5.70 Å². The fourth-order valence-corrected chi connectivity index (χ4v) is 5.04. The molecule has 7 heteroatoms. The average molecular weight is 449 g/mol. The highest BCUT2D eigenvalue weighted by molar-refractivity contribution is 6.09. The van der Waals surface area contributed by atoms with Gasteiger partial charge >= 0.3 is 0 Å². The van der Waals surface area contributed by atoms with Gasteiger partial charge in [0, 0.05) is 30.6 Å². The molecule has 2 aromatic rings. The highest BCUT2D eigenvalue weighted by Crippen LogP contribution is 2.54. The van der Waals surface area contributed by atoms with Crippen molar-refractivity contribution in [2.24, 2.45) is 0 Å². The number of likely N-dealkylation sites (tertiary alicyclic amines) is 1. The van der Waals surface area contributed by atoms with Crippen LogP contribution in [-0.2, 0) is 10.2 Å². The second-order valence-electron chi connectivity index (χ2n) is 9.26. The second kappa shape index (κ2) is 8.63. The van der Waals surface area contributed by atoms with Crippen LogP contribution in [-0.4, -0.2) is 43.3 Å². The van der Waals surface area contributed by atoms with Crippen molar-refractivity contribution in [3.63, 3.8) is 0 Å². The highest BCUT2D eigenvalue weighted by Gasteiger charge is 2.52. The maximum absolute atomic E-state index is 14.4. The maximum Gasteiger partial charge on any atom is 0.235 e. The van der Waals surface area contributed by atoms with Crippen molar-refractivity contribution in [3.05, 3.63) is 59.4 Å². The Bertz CT molecular complexity index is 1120. The summed E-state index contributed by atoms with van der Waals surface area (Å²) >= 11 is 0. The molecule has 5 rings (SSSR count). The van der Waals surface area contributed by atoms with Crippen molar-refractivity contribution < 1.29 is 13.9 Å². The molecule has 0 bridgehead atoms. The summed E-state index contributed by atoms with van der Waals surface area (Å²) in [6.45, 7) is 1.94. The molecule has 2 fully saturated rings. The number of carbonyl (C=O) groups is 1. The molecule has 1 saturated heterocycles. The first-order valence-electron chi connectivity index (χ1n) is 11.6. The van der Waals surface area contributed by atoms with E-state index in [1.54, 1.807) is 24.3 Å². The molecule has 1 aliphatic carbocycles. The zero-order valence-corrected chi connectivity index (χ0v) is 18.8. The number of benzene rings is 2. The molecule has 33 heavy (non-hydrogen) atoms. The first kappa shape index (κ1) is 21.6. The molecule has 1 amide bonds. The molecular formula is C26H29FN4O2. The van der Waals surface area contributed by atoms with Crippen molar-refractivity contribution in [2.45, 2.75) is 43.6 Å². The van der Waals surface area contributed by atoms with Crippen molar-refractivity contribution in [1.29, 1.82) is 5.41 Å². The number of allylic oxidation sites excluding steroid dienone is 1. The Morgan fingerprint density at radius 3 is 2.70 bits per heavy atom. The molecule has 6 nitrogen and oxygen atoms in total. The number of nitrogens with one attached hydrogen (secondary N) is 3. The number of hydrogen-bond donors (Lipinski definition) is 3. The van der Waals surface area contributed by atoms with E-state index in [0.717, 1.165) is 62.0 Å². The monoisotopic (exact) mass is 448 g/mol. The fraction of sp³-hybridized carbons (Fsp3) is 0.385. The molecule has 0 atom stereocenters. The highest BCUT2D eigenvalue weighted by atomic mass is 19.1. The van der Waals surface area contributed by atoms with Crippen molar-refractivity contribution in [3.8, 4) is 5.75 Å². The van der Waals surface area contributed by atoms with Gasteiger partial charge in [0.1, 0.15) is 17.7 Å². The summed E-state index contributed by atoms with van der Waals surface area (Å²) in [4.78, 5) is 15.3. The summed E-state index contributed by atoms with van der Waals surface area (Å²) in [6, 6.07) is 10.4. The summed E-state index contributed by atoms with van der Waals surface area (Å²) < 4.78 is 20.8. The largest absolute Gasteiger partial charge is 0.488 e. The first-order chi connectivity index (χ1) is 16.0. The van der Waals surface area contributed by atoms with E-state index in [1.165, 1.54) is 12.3 Å². The fourth-order valence-electron chi connectivity index (χ4n) is 5.04. The number of anilines is 2. The van der Waals surface area contributed by atoms with Crippen LogP contribution in [0.2, 0.25) is 0 Å². The van der Waals surface area contributed by atoms with E-state index in [-0.39, 0.29) is 17.8 Å². The average Bonchev–Trinajstić information content (AvgIpc) is 3.09. The van der Waals surface area contributed by atoms with E-state index >= 15 is 0 Å². The molecule has 172 valence electrons. The third kappa shape index (κ3) is 3.91. The molecule has 0 aromatic heterocycles. The number of halogens is 1. The Balaban J connectivity index is 1.55. The van der Waals surface area contributed by atoms with Crippen LogP contribution in [0.15, 0.2) is 42.5 Å². The number of amides is 1. The number of ether oxygens (including phenoxy) is 1. The zero-order chi connectivity index (χ0) is 23.0. The lowest BCUT2D eigenvalue weighted by Crippen LogP contribution is -2.40. The van der Waals surface area contributed by atoms with Gasteiger partial charge in [-0.25, -0.2) is 4.39 Å². The number of nitrogens with zero attached hydrogens (tertiary/aromatic N) is 1. The van der Waals surface area contributed by atoms with Crippen LogP contribution in [0.1, 0.15) is 43.2 Å². The van der Waals surface area contributed by atoms with Crippen molar-refractivity contribution in [1.82, 2.24) is 4.90 Å². The number of rotatable bonds is 6. The van der Waals surface area contributed by atoms with Crippen LogP contribution < -0.4 is 15.4 Å². The van der Waals surface area contributed by atoms with E-state index in [0.29, 0.717) is 17.1 Å². The lowest BCUT2D eigenvalue weighted by Gasteiger charge is -2.36. The molecule has 1 spiro atoms. The van der Waals surface area contributed by atoms with Crippen LogP contribution in [0.3, 0.4) is 0 Å². The number of fused-ring (bicyclic) bond motifs is 2. The van der Waals surface area contributed by atoms with Gasteiger partial charge in [-0.3, -0.25) is 4.79 Å². The van der Waals surface area contributed by atoms with E-state index in [2.05, 4.69) is 22.6 Å².